The first-order valence-electron chi connectivity index (χ1n) is 8.66. The van der Waals surface area contributed by atoms with Crippen molar-refractivity contribution in [3.8, 4) is 0 Å². The number of hydrogen-bond acceptors (Lipinski definition) is 2. The average molecular weight is 322 g/mol. The molecule has 3 heteroatoms. The van der Waals surface area contributed by atoms with Crippen molar-refractivity contribution in [3.05, 3.63) is 71.8 Å². The maximum absolute atomic E-state index is 12.8. The third-order valence-corrected chi connectivity index (χ3v) is 5.05. The van der Waals surface area contributed by atoms with E-state index in [4.69, 9.17) is 0 Å². The van der Waals surface area contributed by atoms with Gasteiger partial charge in [-0.25, -0.2) is 0 Å². The first-order chi connectivity index (χ1) is 11.6. The van der Waals surface area contributed by atoms with Gasteiger partial charge in [0.1, 0.15) is 0 Å². The van der Waals surface area contributed by atoms with Gasteiger partial charge in [0.05, 0.1) is 5.41 Å². The maximum atomic E-state index is 12.8. The highest BCUT2D eigenvalue weighted by molar-refractivity contribution is 5.91. The summed E-state index contributed by atoms with van der Waals surface area (Å²) >= 11 is 0. The second-order valence-corrected chi connectivity index (χ2v) is 6.97. The van der Waals surface area contributed by atoms with Crippen LogP contribution in [0.1, 0.15) is 24.0 Å². The molecule has 1 unspecified atom stereocenters. The summed E-state index contributed by atoms with van der Waals surface area (Å²) in [5.74, 6) is 0.175. The summed E-state index contributed by atoms with van der Waals surface area (Å²) < 4.78 is 0. The van der Waals surface area contributed by atoms with Gasteiger partial charge in [0.25, 0.3) is 0 Å². The molecule has 0 aliphatic heterocycles. The minimum absolute atomic E-state index is 0.175. The molecule has 0 aromatic heterocycles. The predicted octanol–water partition coefficient (Wildman–Crippen LogP) is 3.01. The summed E-state index contributed by atoms with van der Waals surface area (Å²) in [5, 5.41) is 3.20. The number of nitrogens with zero attached hydrogens (tertiary/aromatic N) is 1. The molecule has 1 amide bonds. The van der Waals surface area contributed by atoms with Crippen molar-refractivity contribution in [3.63, 3.8) is 0 Å². The van der Waals surface area contributed by atoms with Gasteiger partial charge in [-0.2, -0.15) is 0 Å². The molecule has 0 radical (unpaired) electrons. The Balaban J connectivity index is 1.62. The van der Waals surface area contributed by atoms with Crippen molar-refractivity contribution in [1.29, 1.82) is 0 Å². The van der Waals surface area contributed by atoms with Crippen LogP contribution < -0.4 is 5.32 Å². The second-order valence-electron chi connectivity index (χ2n) is 6.97. The zero-order valence-electron chi connectivity index (χ0n) is 14.5. The molecule has 1 aliphatic carbocycles. The fraction of sp³-hybridized carbons (Fsp3) is 0.381. The van der Waals surface area contributed by atoms with E-state index in [9.17, 15) is 4.79 Å². The van der Waals surface area contributed by atoms with Crippen LogP contribution in [-0.4, -0.2) is 37.5 Å². The van der Waals surface area contributed by atoms with E-state index in [1.54, 1.807) is 0 Å². The van der Waals surface area contributed by atoms with Gasteiger partial charge in [-0.15, -0.1) is 0 Å². The van der Waals surface area contributed by atoms with Crippen LogP contribution >= 0.6 is 0 Å². The standard InChI is InChI=1S/C21H26N2O/c1-23(2)19(15-17-9-5-3-6-10-17)16-22-20(24)21(13-14-21)18-11-7-4-8-12-18/h3-12,19H,13-16H2,1-2H3,(H,22,24). The van der Waals surface area contributed by atoms with E-state index < -0.39 is 0 Å². The number of amides is 1. The molecule has 2 aromatic rings. The molecule has 3 nitrogen and oxygen atoms in total. The smallest absolute Gasteiger partial charge is 0.230 e. The van der Waals surface area contributed by atoms with Crippen LogP contribution in [0.3, 0.4) is 0 Å². The highest BCUT2D eigenvalue weighted by Gasteiger charge is 2.51. The van der Waals surface area contributed by atoms with E-state index in [2.05, 4.69) is 60.7 Å². The number of carbonyl (C=O) groups excluding carboxylic acids is 1. The topological polar surface area (TPSA) is 32.3 Å². The largest absolute Gasteiger partial charge is 0.354 e. The van der Waals surface area contributed by atoms with Gasteiger partial charge in [-0.3, -0.25) is 4.79 Å². The zero-order valence-corrected chi connectivity index (χ0v) is 14.5. The van der Waals surface area contributed by atoms with Crippen molar-refractivity contribution in [2.75, 3.05) is 20.6 Å². The molecule has 0 heterocycles. The van der Waals surface area contributed by atoms with Crippen LogP contribution in [0.5, 0.6) is 0 Å². The number of benzene rings is 2. The van der Waals surface area contributed by atoms with Crippen LogP contribution in [-0.2, 0) is 16.6 Å². The lowest BCUT2D eigenvalue weighted by molar-refractivity contribution is -0.123. The highest BCUT2D eigenvalue weighted by Crippen LogP contribution is 2.48. The normalized spacial score (nSPS) is 16.6. The summed E-state index contributed by atoms with van der Waals surface area (Å²) in [6.45, 7) is 0.676. The number of likely N-dealkylation sites (N-methyl/N-ethyl adjacent to an activating group) is 1. The molecule has 0 spiro atoms. The Morgan fingerprint density at radius 1 is 1.04 bits per heavy atom. The van der Waals surface area contributed by atoms with Crippen molar-refractivity contribution in [2.45, 2.75) is 30.7 Å². The van der Waals surface area contributed by atoms with Crippen molar-refractivity contribution >= 4 is 5.91 Å². The van der Waals surface area contributed by atoms with E-state index in [1.165, 1.54) is 5.56 Å². The number of rotatable bonds is 7. The summed E-state index contributed by atoms with van der Waals surface area (Å²) in [6, 6.07) is 20.9. The molecule has 0 bridgehead atoms. The molecule has 24 heavy (non-hydrogen) atoms. The fourth-order valence-corrected chi connectivity index (χ4v) is 3.23. The molecule has 126 valence electrons. The first-order valence-corrected chi connectivity index (χ1v) is 8.66. The Labute approximate surface area is 144 Å². The Hall–Kier alpha value is -2.13. The van der Waals surface area contributed by atoms with Gasteiger partial charge < -0.3 is 10.2 Å². The summed E-state index contributed by atoms with van der Waals surface area (Å²) in [6.07, 6.45) is 2.84. The van der Waals surface area contributed by atoms with Gasteiger partial charge in [-0.05, 0) is 44.5 Å². The molecular weight excluding hydrogens is 296 g/mol. The predicted molar refractivity (Wildman–Crippen MR) is 98.0 cm³/mol. The molecule has 2 aromatic carbocycles. The minimum atomic E-state index is -0.287. The van der Waals surface area contributed by atoms with Crippen LogP contribution in [0.15, 0.2) is 60.7 Å². The molecule has 1 N–H and O–H groups in total. The average Bonchev–Trinajstić information content (AvgIpc) is 3.42. The Morgan fingerprint density at radius 2 is 1.62 bits per heavy atom. The van der Waals surface area contributed by atoms with Gasteiger partial charge in [0, 0.05) is 12.6 Å². The van der Waals surface area contributed by atoms with Crippen molar-refractivity contribution in [1.82, 2.24) is 10.2 Å². The van der Waals surface area contributed by atoms with Crippen LogP contribution in [0, 0.1) is 0 Å². The highest BCUT2D eigenvalue weighted by atomic mass is 16.2. The third-order valence-electron chi connectivity index (χ3n) is 5.05. The minimum Gasteiger partial charge on any atom is -0.354 e. The van der Waals surface area contributed by atoms with Crippen LogP contribution in [0.2, 0.25) is 0 Å². The van der Waals surface area contributed by atoms with E-state index in [0.29, 0.717) is 12.6 Å². The molecule has 1 aliphatic rings. The van der Waals surface area contributed by atoms with Crippen molar-refractivity contribution in [2.24, 2.45) is 0 Å². The van der Waals surface area contributed by atoms with Gasteiger partial charge in [0.2, 0.25) is 5.91 Å². The maximum Gasteiger partial charge on any atom is 0.230 e. The van der Waals surface area contributed by atoms with Crippen LogP contribution in [0.25, 0.3) is 0 Å². The molecule has 1 atom stereocenters. The second kappa shape index (κ2) is 7.18. The Bertz CT molecular complexity index is 663. The molecule has 3 rings (SSSR count). The van der Waals surface area contributed by atoms with E-state index in [-0.39, 0.29) is 11.3 Å². The monoisotopic (exact) mass is 322 g/mol. The SMILES string of the molecule is CN(C)C(CNC(=O)C1(c2ccccc2)CC1)Cc1ccccc1. The summed E-state index contributed by atoms with van der Waals surface area (Å²) in [7, 11) is 4.15. The van der Waals surface area contributed by atoms with Gasteiger partial charge in [0.15, 0.2) is 0 Å². The lowest BCUT2D eigenvalue weighted by Crippen LogP contribution is -2.44. The lowest BCUT2D eigenvalue weighted by Gasteiger charge is -2.26. The third kappa shape index (κ3) is 3.68. The fourth-order valence-electron chi connectivity index (χ4n) is 3.23. The Morgan fingerprint density at radius 3 is 2.17 bits per heavy atom. The number of nitrogens with one attached hydrogen (secondary N) is 1. The zero-order chi connectivity index (χ0) is 17.0. The van der Waals surface area contributed by atoms with Crippen molar-refractivity contribution < 1.29 is 4.79 Å². The van der Waals surface area contributed by atoms with E-state index in [1.807, 2.05) is 24.3 Å². The van der Waals surface area contributed by atoms with Crippen LogP contribution in [0.4, 0.5) is 0 Å². The van der Waals surface area contributed by atoms with Gasteiger partial charge >= 0.3 is 0 Å². The van der Waals surface area contributed by atoms with Gasteiger partial charge in [-0.1, -0.05) is 60.7 Å². The quantitative estimate of drug-likeness (QED) is 0.850. The summed E-state index contributed by atoms with van der Waals surface area (Å²) in [5.41, 5.74) is 2.16. The molecule has 0 saturated heterocycles. The molecule has 1 saturated carbocycles. The summed E-state index contributed by atoms with van der Waals surface area (Å²) in [4.78, 5) is 15.0. The van der Waals surface area contributed by atoms with E-state index in [0.717, 1.165) is 24.8 Å². The number of hydrogen-bond donors (Lipinski definition) is 1. The molecular formula is C21H26N2O. The lowest BCUT2D eigenvalue weighted by atomic mass is 9.95. The Kier molecular flexibility index (Phi) is 5.00. The number of carbonyl (C=O) groups is 1. The first kappa shape index (κ1) is 16.7. The van der Waals surface area contributed by atoms with E-state index >= 15 is 0 Å². The molecule has 1 fully saturated rings.